The van der Waals surface area contributed by atoms with Crippen molar-refractivity contribution in [3.05, 3.63) is 66.0 Å². The molecular formula is C21H22N4OS2. The Balaban J connectivity index is 1.45. The number of carbonyl (C=O) groups is 1. The van der Waals surface area contributed by atoms with E-state index in [-0.39, 0.29) is 5.91 Å². The lowest BCUT2D eigenvalue weighted by Crippen LogP contribution is -2.36. The molecule has 0 saturated carbocycles. The largest absolute Gasteiger partial charge is 0.310 e. The minimum atomic E-state index is 0.119. The number of amides is 1. The predicted molar refractivity (Wildman–Crippen MR) is 115 cm³/mol. The third-order valence-electron chi connectivity index (χ3n) is 4.67. The third kappa shape index (κ3) is 4.10. The minimum absolute atomic E-state index is 0.119. The maximum atomic E-state index is 12.9. The van der Waals surface area contributed by atoms with Gasteiger partial charge in [-0.3, -0.25) is 4.79 Å². The fourth-order valence-corrected chi connectivity index (χ4v) is 5.18. The Bertz CT molecular complexity index is 958. The predicted octanol–water partition coefficient (Wildman–Crippen LogP) is 4.12. The summed E-state index contributed by atoms with van der Waals surface area (Å²) in [4.78, 5) is 15.9. The first-order valence-corrected chi connectivity index (χ1v) is 11.3. The van der Waals surface area contributed by atoms with E-state index in [4.69, 9.17) is 0 Å². The summed E-state index contributed by atoms with van der Waals surface area (Å²) in [5.74, 6) is 2.35. The molecule has 0 bridgehead atoms. The van der Waals surface area contributed by atoms with Crippen LogP contribution in [0.3, 0.4) is 0 Å². The highest BCUT2D eigenvalue weighted by Crippen LogP contribution is 2.34. The molecule has 0 fully saturated rings. The van der Waals surface area contributed by atoms with Crippen LogP contribution in [0.2, 0.25) is 0 Å². The van der Waals surface area contributed by atoms with Gasteiger partial charge in [0, 0.05) is 30.2 Å². The van der Waals surface area contributed by atoms with Gasteiger partial charge in [0.15, 0.2) is 5.16 Å². The Morgan fingerprint density at radius 2 is 1.89 bits per heavy atom. The summed E-state index contributed by atoms with van der Waals surface area (Å²) in [5, 5.41) is 9.53. The molecule has 1 amide bonds. The van der Waals surface area contributed by atoms with Crippen LogP contribution in [0, 0.1) is 0 Å². The molecule has 3 aromatic rings. The molecule has 2 aromatic carbocycles. The van der Waals surface area contributed by atoms with Crippen molar-refractivity contribution in [3.63, 3.8) is 0 Å². The summed E-state index contributed by atoms with van der Waals surface area (Å²) in [6, 6.07) is 18.4. The average Bonchev–Trinajstić information content (AvgIpc) is 3.13. The molecule has 0 spiro atoms. The highest BCUT2D eigenvalue weighted by Gasteiger charge is 2.23. The molecule has 7 heteroatoms. The molecule has 144 valence electrons. The van der Waals surface area contributed by atoms with Gasteiger partial charge in [0.25, 0.3) is 0 Å². The molecule has 1 aliphatic heterocycles. The first kappa shape index (κ1) is 19.1. The van der Waals surface area contributed by atoms with E-state index in [0.717, 1.165) is 41.9 Å². The minimum Gasteiger partial charge on any atom is -0.310 e. The van der Waals surface area contributed by atoms with E-state index < -0.39 is 0 Å². The van der Waals surface area contributed by atoms with Crippen LogP contribution in [0.5, 0.6) is 0 Å². The van der Waals surface area contributed by atoms with Gasteiger partial charge in [-0.1, -0.05) is 54.2 Å². The normalized spacial score (nSPS) is 13.4. The fourth-order valence-electron chi connectivity index (χ4n) is 3.29. The molecule has 1 aliphatic rings. The van der Waals surface area contributed by atoms with Gasteiger partial charge in [-0.05, 0) is 24.6 Å². The second-order valence-electron chi connectivity index (χ2n) is 6.46. The topological polar surface area (TPSA) is 51.0 Å². The van der Waals surface area contributed by atoms with E-state index in [9.17, 15) is 4.79 Å². The molecule has 1 aromatic heterocycles. The Morgan fingerprint density at radius 3 is 2.71 bits per heavy atom. The molecule has 0 aliphatic carbocycles. The van der Waals surface area contributed by atoms with Gasteiger partial charge in [0.1, 0.15) is 5.82 Å². The maximum absolute atomic E-state index is 12.9. The third-order valence-corrected chi connectivity index (χ3v) is 6.66. The summed E-state index contributed by atoms with van der Waals surface area (Å²) in [6.45, 7) is 3.62. The van der Waals surface area contributed by atoms with Gasteiger partial charge in [-0.25, -0.2) is 0 Å². The lowest BCUT2D eigenvalue weighted by Gasteiger charge is -2.28. The molecular weight excluding hydrogens is 388 g/mol. The number of hydrogen-bond acceptors (Lipinski definition) is 5. The molecule has 0 atom stereocenters. The Hall–Kier alpha value is -2.25. The van der Waals surface area contributed by atoms with E-state index in [1.54, 1.807) is 0 Å². The monoisotopic (exact) mass is 410 g/mol. The zero-order valence-electron chi connectivity index (χ0n) is 15.7. The van der Waals surface area contributed by atoms with Gasteiger partial charge in [-0.15, -0.1) is 22.0 Å². The van der Waals surface area contributed by atoms with Gasteiger partial charge in [-0.2, -0.15) is 0 Å². The van der Waals surface area contributed by atoms with Gasteiger partial charge in [0.05, 0.1) is 11.4 Å². The molecule has 5 nitrogen and oxygen atoms in total. The van der Waals surface area contributed by atoms with Crippen LogP contribution in [0.1, 0.15) is 18.3 Å². The van der Waals surface area contributed by atoms with E-state index in [0.29, 0.717) is 5.75 Å². The van der Waals surface area contributed by atoms with Crippen LogP contribution in [0.4, 0.5) is 5.69 Å². The van der Waals surface area contributed by atoms with Crippen molar-refractivity contribution in [1.82, 2.24) is 14.8 Å². The highest BCUT2D eigenvalue weighted by molar-refractivity contribution is 8.00. The number of benzene rings is 2. The van der Waals surface area contributed by atoms with E-state index >= 15 is 0 Å². The van der Waals surface area contributed by atoms with Crippen LogP contribution >= 0.6 is 23.5 Å². The Labute approximate surface area is 173 Å². The van der Waals surface area contributed by atoms with Crippen LogP contribution in [-0.2, 0) is 17.8 Å². The van der Waals surface area contributed by atoms with Gasteiger partial charge in [0.2, 0.25) is 5.91 Å². The number of fused-ring (bicyclic) bond motifs is 1. The Kier molecular flexibility index (Phi) is 6.02. The quantitative estimate of drug-likeness (QED) is 0.572. The van der Waals surface area contributed by atoms with Crippen molar-refractivity contribution in [2.75, 3.05) is 23.0 Å². The number of carbonyl (C=O) groups excluding carboxylic acids is 1. The molecule has 4 rings (SSSR count). The molecule has 0 N–H and O–H groups in total. The van der Waals surface area contributed by atoms with Crippen LogP contribution in [-0.4, -0.2) is 38.7 Å². The molecule has 0 saturated heterocycles. The summed E-state index contributed by atoms with van der Waals surface area (Å²) in [7, 11) is 0. The number of hydrogen-bond donors (Lipinski definition) is 0. The lowest BCUT2D eigenvalue weighted by molar-refractivity contribution is -0.116. The number of anilines is 1. The second kappa shape index (κ2) is 8.84. The van der Waals surface area contributed by atoms with Crippen molar-refractivity contribution < 1.29 is 4.79 Å². The highest BCUT2D eigenvalue weighted by atomic mass is 32.2. The summed E-state index contributed by atoms with van der Waals surface area (Å²) in [5.41, 5.74) is 2.23. The average molecular weight is 411 g/mol. The number of thioether (sulfide) groups is 2. The summed E-state index contributed by atoms with van der Waals surface area (Å²) >= 11 is 3.28. The number of rotatable bonds is 6. The van der Waals surface area contributed by atoms with Crippen molar-refractivity contribution in [3.8, 4) is 0 Å². The Morgan fingerprint density at radius 1 is 1.11 bits per heavy atom. The molecule has 0 radical (unpaired) electrons. The van der Waals surface area contributed by atoms with Crippen molar-refractivity contribution in [1.29, 1.82) is 0 Å². The molecule has 28 heavy (non-hydrogen) atoms. The lowest BCUT2D eigenvalue weighted by atomic mass is 10.1. The van der Waals surface area contributed by atoms with Crippen LogP contribution < -0.4 is 4.90 Å². The first-order chi connectivity index (χ1) is 13.8. The number of para-hydroxylation sites is 1. The first-order valence-electron chi connectivity index (χ1n) is 9.37. The second-order valence-corrected chi connectivity index (χ2v) is 8.53. The standard InChI is InChI=1S/C21H22N4OS2/c1-2-24-19(14-16-8-4-3-5-9-16)22-23-21(24)28-15-20(26)25-12-13-27-18-11-7-6-10-17(18)25/h3-11H,2,12-15H2,1H3. The fraction of sp³-hybridized carbons (Fsp3) is 0.286. The van der Waals surface area contributed by atoms with Crippen molar-refractivity contribution >= 4 is 35.1 Å². The van der Waals surface area contributed by atoms with E-state index in [1.165, 1.54) is 22.2 Å². The summed E-state index contributed by atoms with van der Waals surface area (Å²) in [6.07, 6.45) is 0.743. The van der Waals surface area contributed by atoms with Crippen molar-refractivity contribution in [2.45, 2.75) is 29.9 Å². The number of aromatic nitrogens is 3. The zero-order chi connectivity index (χ0) is 19.3. The SMILES string of the molecule is CCn1c(Cc2ccccc2)nnc1SCC(=O)N1CCSc2ccccc21. The van der Waals surface area contributed by atoms with Crippen molar-refractivity contribution in [2.24, 2.45) is 0 Å². The zero-order valence-corrected chi connectivity index (χ0v) is 17.4. The van der Waals surface area contributed by atoms with Crippen LogP contribution in [0.25, 0.3) is 0 Å². The molecule has 0 unspecified atom stereocenters. The van der Waals surface area contributed by atoms with E-state index in [2.05, 4.69) is 39.9 Å². The summed E-state index contributed by atoms with van der Waals surface area (Å²) < 4.78 is 2.10. The smallest absolute Gasteiger partial charge is 0.237 e. The van der Waals surface area contributed by atoms with E-state index in [1.807, 2.05) is 53.1 Å². The molecule has 2 heterocycles. The van der Waals surface area contributed by atoms with Crippen LogP contribution in [0.15, 0.2) is 64.6 Å². The van der Waals surface area contributed by atoms with Gasteiger partial charge < -0.3 is 9.47 Å². The number of nitrogens with zero attached hydrogens (tertiary/aromatic N) is 4. The van der Waals surface area contributed by atoms with Gasteiger partial charge >= 0.3 is 0 Å². The maximum Gasteiger partial charge on any atom is 0.237 e.